The first-order valence-electron chi connectivity index (χ1n) is 8.92. The predicted octanol–water partition coefficient (Wildman–Crippen LogP) is 3.57. The van der Waals surface area contributed by atoms with Crippen LogP contribution in [-0.4, -0.2) is 43.6 Å². The van der Waals surface area contributed by atoms with Gasteiger partial charge in [0.05, 0.1) is 0 Å². The Kier molecular flexibility index (Phi) is 10.9. The van der Waals surface area contributed by atoms with E-state index in [1.54, 1.807) is 11.3 Å². The molecule has 1 aliphatic rings. The van der Waals surface area contributed by atoms with Crippen molar-refractivity contribution in [2.45, 2.75) is 39.5 Å². The van der Waals surface area contributed by atoms with Crippen molar-refractivity contribution in [1.82, 2.24) is 10.2 Å². The van der Waals surface area contributed by atoms with Crippen molar-refractivity contribution in [1.29, 1.82) is 0 Å². The van der Waals surface area contributed by atoms with Gasteiger partial charge in [0.2, 0.25) is 0 Å². The van der Waals surface area contributed by atoms with E-state index in [0.717, 1.165) is 25.4 Å². The third-order valence-corrected chi connectivity index (χ3v) is 5.44. The van der Waals surface area contributed by atoms with E-state index in [1.807, 2.05) is 0 Å². The van der Waals surface area contributed by atoms with E-state index < -0.39 is 0 Å². The maximum Gasteiger partial charge on any atom is 0.188 e. The first-order chi connectivity index (χ1) is 11.1. The molecule has 1 fully saturated rings. The van der Waals surface area contributed by atoms with Crippen molar-refractivity contribution < 1.29 is 0 Å². The minimum Gasteiger partial charge on any atom is -0.370 e. The maximum absolute atomic E-state index is 5.97. The number of piperidine rings is 1. The number of likely N-dealkylation sites (tertiary alicyclic amines) is 1. The van der Waals surface area contributed by atoms with E-state index >= 15 is 0 Å². The zero-order valence-corrected chi connectivity index (χ0v) is 18.2. The number of aliphatic imine (C=N–C) groups is 1. The van der Waals surface area contributed by atoms with Crippen LogP contribution in [0, 0.1) is 11.8 Å². The first-order valence-corrected chi connectivity index (χ1v) is 9.80. The monoisotopic (exact) mass is 464 g/mol. The van der Waals surface area contributed by atoms with Gasteiger partial charge in [-0.25, -0.2) is 0 Å². The first kappa shape index (κ1) is 21.7. The van der Waals surface area contributed by atoms with Crippen molar-refractivity contribution in [3.63, 3.8) is 0 Å². The second-order valence-corrected chi connectivity index (χ2v) is 7.98. The van der Waals surface area contributed by atoms with Gasteiger partial charge in [0, 0.05) is 18.0 Å². The lowest BCUT2D eigenvalue weighted by molar-refractivity contribution is 0.180. The Bertz CT molecular complexity index is 454. The highest BCUT2D eigenvalue weighted by Crippen LogP contribution is 2.18. The number of hydrogen-bond acceptors (Lipinski definition) is 3. The van der Waals surface area contributed by atoms with Gasteiger partial charge in [-0.3, -0.25) is 4.99 Å². The predicted molar refractivity (Wildman–Crippen MR) is 117 cm³/mol. The lowest BCUT2D eigenvalue weighted by atomic mass is 9.96. The highest BCUT2D eigenvalue weighted by atomic mass is 127. The van der Waals surface area contributed by atoms with E-state index in [9.17, 15) is 0 Å². The standard InChI is InChI=1S/C18H32N4S.HI/c1-15(2)6-10-22-11-7-16(8-12-22)14-21-18(19)20-9-5-17-4-3-13-23-17;/h3-4,13,15-16H,5-12,14H2,1-2H3,(H3,19,20,21);1H. The minimum atomic E-state index is 0. The molecule has 0 saturated carbocycles. The molecule has 2 rings (SSSR count). The third-order valence-electron chi connectivity index (χ3n) is 4.51. The summed E-state index contributed by atoms with van der Waals surface area (Å²) in [4.78, 5) is 8.52. The van der Waals surface area contributed by atoms with Crippen LogP contribution in [0.2, 0.25) is 0 Å². The molecule has 0 spiro atoms. The number of thiophene rings is 1. The molecule has 0 radical (unpaired) electrons. The Hall–Kier alpha value is -0.340. The maximum atomic E-state index is 5.97. The van der Waals surface area contributed by atoms with Gasteiger partial charge < -0.3 is 16.0 Å². The quantitative estimate of drug-likeness (QED) is 0.352. The fourth-order valence-corrected chi connectivity index (χ4v) is 3.59. The molecule has 1 aliphatic heterocycles. The normalized spacial score (nSPS) is 17.0. The molecule has 138 valence electrons. The van der Waals surface area contributed by atoms with Crippen LogP contribution in [0.15, 0.2) is 22.5 Å². The molecule has 1 saturated heterocycles. The highest BCUT2D eigenvalue weighted by Gasteiger charge is 2.18. The lowest BCUT2D eigenvalue weighted by Crippen LogP contribution is -2.37. The van der Waals surface area contributed by atoms with Crippen molar-refractivity contribution in [2.24, 2.45) is 22.6 Å². The van der Waals surface area contributed by atoms with Crippen LogP contribution in [-0.2, 0) is 6.42 Å². The van der Waals surface area contributed by atoms with Crippen LogP contribution >= 0.6 is 35.3 Å². The molecule has 24 heavy (non-hydrogen) atoms. The highest BCUT2D eigenvalue weighted by molar-refractivity contribution is 14.0. The average Bonchev–Trinajstić information content (AvgIpc) is 3.05. The second-order valence-electron chi connectivity index (χ2n) is 6.95. The Labute approximate surface area is 168 Å². The molecule has 3 N–H and O–H groups in total. The van der Waals surface area contributed by atoms with Crippen LogP contribution in [0.1, 0.15) is 38.0 Å². The van der Waals surface area contributed by atoms with Crippen LogP contribution in [0.5, 0.6) is 0 Å². The molecule has 0 amide bonds. The van der Waals surface area contributed by atoms with E-state index in [4.69, 9.17) is 5.73 Å². The third kappa shape index (κ3) is 8.67. The molecule has 1 aromatic heterocycles. The molecule has 0 atom stereocenters. The van der Waals surface area contributed by atoms with Gasteiger partial charge in [0.1, 0.15) is 0 Å². The molecule has 4 nitrogen and oxygen atoms in total. The largest absolute Gasteiger partial charge is 0.370 e. The van der Waals surface area contributed by atoms with Crippen LogP contribution in [0.3, 0.4) is 0 Å². The Morgan fingerprint density at radius 2 is 2.17 bits per heavy atom. The van der Waals surface area contributed by atoms with Gasteiger partial charge in [0.25, 0.3) is 0 Å². The molecule has 6 heteroatoms. The second kappa shape index (κ2) is 12.1. The van der Waals surface area contributed by atoms with Crippen molar-refractivity contribution in [3.8, 4) is 0 Å². The van der Waals surface area contributed by atoms with Crippen molar-refractivity contribution in [2.75, 3.05) is 32.7 Å². The zero-order valence-electron chi connectivity index (χ0n) is 15.0. The molecule has 0 unspecified atom stereocenters. The van der Waals surface area contributed by atoms with Crippen molar-refractivity contribution >= 4 is 41.3 Å². The van der Waals surface area contributed by atoms with Crippen molar-refractivity contribution in [3.05, 3.63) is 22.4 Å². The summed E-state index contributed by atoms with van der Waals surface area (Å²) >= 11 is 1.79. The number of guanidine groups is 1. The van der Waals surface area contributed by atoms with E-state index in [0.29, 0.717) is 11.9 Å². The molecule has 0 aromatic carbocycles. The number of halogens is 1. The molecular formula is C18H33IN4S. The molecular weight excluding hydrogens is 431 g/mol. The van der Waals surface area contributed by atoms with E-state index in [1.165, 1.54) is 43.8 Å². The van der Waals surface area contributed by atoms with E-state index in [-0.39, 0.29) is 24.0 Å². The summed E-state index contributed by atoms with van der Waals surface area (Å²) in [5, 5.41) is 5.34. The average molecular weight is 464 g/mol. The molecule has 0 aliphatic carbocycles. The SMILES string of the molecule is CC(C)CCN1CCC(CN=C(N)NCCc2cccs2)CC1.I. The van der Waals surface area contributed by atoms with Gasteiger partial charge >= 0.3 is 0 Å². The van der Waals surface area contributed by atoms with Gasteiger partial charge in [0.15, 0.2) is 5.96 Å². The van der Waals surface area contributed by atoms with Gasteiger partial charge in [-0.1, -0.05) is 19.9 Å². The van der Waals surface area contributed by atoms with Crippen LogP contribution < -0.4 is 11.1 Å². The molecule has 2 heterocycles. The summed E-state index contributed by atoms with van der Waals surface area (Å²) in [6.07, 6.45) is 4.83. The fraction of sp³-hybridized carbons (Fsp3) is 0.722. The van der Waals surface area contributed by atoms with E-state index in [2.05, 4.69) is 46.6 Å². The summed E-state index contributed by atoms with van der Waals surface area (Å²) < 4.78 is 0. The van der Waals surface area contributed by atoms with Gasteiger partial charge in [-0.05, 0) is 68.6 Å². The number of rotatable bonds is 8. The number of nitrogens with one attached hydrogen (secondary N) is 1. The summed E-state index contributed by atoms with van der Waals surface area (Å²) in [6.45, 7) is 10.0. The smallest absolute Gasteiger partial charge is 0.188 e. The summed E-state index contributed by atoms with van der Waals surface area (Å²) in [5.74, 6) is 2.10. The van der Waals surface area contributed by atoms with Crippen LogP contribution in [0.4, 0.5) is 0 Å². The summed E-state index contributed by atoms with van der Waals surface area (Å²) in [7, 11) is 0. The van der Waals surface area contributed by atoms with Crippen LogP contribution in [0.25, 0.3) is 0 Å². The Balaban J connectivity index is 0.00000288. The molecule has 1 aromatic rings. The summed E-state index contributed by atoms with van der Waals surface area (Å²) in [6, 6.07) is 4.25. The lowest BCUT2D eigenvalue weighted by Gasteiger charge is -2.31. The zero-order chi connectivity index (χ0) is 16.5. The fourth-order valence-electron chi connectivity index (χ4n) is 2.89. The minimum absolute atomic E-state index is 0. The Morgan fingerprint density at radius 1 is 1.42 bits per heavy atom. The summed E-state index contributed by atoms with van der Waals surface area (Å²) in [5.41, 5.74) is 5.97. The van der Waals surface area contributed by atoms with Gasteiger partial charge in [-0.15, -0.1) is 35.3 Å². The number of nitrogens with zero attached hydrogens (tertiary/aromatic N) is 2. The number of hydrogen-bond donors (Lipinski definition) is 2. The van der Waals surface area contributed by atoms with Gasteiger partial charge in [-0.2, -0.15) is 0 Å². The molecule has 0 bridgehead atoms. The topological polar surface area (TPSA) is 53.6 Å². The Morgan fingerprint density at radius 3 is 2.79 bits per heavy atom. The number of nitrogens with two attached hydrogens (primary N) is 1.